The number of hydrogen-bond donors (Lipinski definition) is 0. The summed E-state index contributed by atoms with van der Waals surface area (Å²) in [5, 5.41) is 9.23. The first kappa shape index (κ1) is 29.4. The normalized spacial score (nSPS) is 13.9. The summed E-state index contributed by atoms with van der Waals surface area (Å²) in [7, 11) is 0.844. The third-order valence-electron chi connectivity index (χ3n) is 6.79. The summed E-state index contributed by atoms with van der Waals surface area (Å²) in [5.74, 6) is 1.13. The summed E-state index contributed by atoms with van der Waals surface area (Å²) in [6.45, 7) is 1.64. The lowest BCUT2D eigenvalue weighted by Gasteiger charge is -2.34. The van der Waals surface area contributed by atoms with Gasteiger partial charge in [0.1, 0.15) is 5.75 Å². The number of amides is 2. The molecule has 0 saturated carbocycles. The first-order valence-electron chi connectivity index (χ1n) is 13.0. The van der Waals surface area contributed by atoms with Gasteiger partial charge in [-0.25, -0.2) is 12.7 Å². The van der Waals surface area contributed by atoms with E-state index in [1.165, 1.54) is 38.2 Å². The summed E-state index contributed by atoms with van der Waals surface area (Å²) in [6, 6.07) is 17.1. The van der Waals surface area contributed by atoms with Gasteiger partial charge in [0.05, 0.1) is 29.7 Å². The summed E-state index contributed by atoms with van der Waals surface area (Å²) in [5.41, 5.74) is 1.24. The second-order valence-electron chi connectivity index (χ2n) is 9.60. The lowest BCUT2D eigenvalue weighted by atomic mass is 10.2. The van der Waals surface area contributed by atoms with Crippen LogP contribution in [-0.4, -0.2) is 102 Å². The molecule has 0 N–H and O–H groups in total. The van der Waals surface area contributed by atoms with E-state index in [2.05, 4.69) is 10.2 Å². The highest BCUT2D eigenvalue weighted by atomic mass is 32.2. The molecule has 0 bridgehead atoms. The van der Waals surface area contributed by atoms with Gasteiger partial charge >= 0.3 is 0 Å². The van der Waals surface area contributed by atoms with E-state index in [1.807, 2.05) is 24.3 Å². The minimum Gasteiger partial charge on any atom is -0.497 e. The molecule has 3 heterocycles. The maximum Gasteiger partial charge on any atom is 0.289 e. The van der Waals surface area contributed by atoms with E-state index in [4.69, 9.17) is 9.15 Å². The fourth-order valence-corrected chi connectivity index (χ4v) is 6.27. The van der Waals surface area contributed by atoms with E-state index in [-0.39, 0.29) is 28.2 Å². The second-order valence-corrected chi connectivity index (χ2v) is 12.7. The molecular formula is C28H30N6O6S2. The number of sulfonamides is 1. The molecule has 2 amide bonds. The van der Waals surface area contributed by atoms with E-state index in [0.29, 0.717) is 54.2 Å². The number of rotatable bonds is 9. The van der Waals surface area contributed by atoms with Crippen molar-refractivity contribution < 1.29 is 27.2 Å². The molecule has 0 unspecified atom stereocenters. The third-order valence-corrected chi connectivity index (χ3v) is 9.52. The Hall–Kier alpha value is -4.14. The lowest BCUT2D eigenvalue weighted by Crippen LogP contribution is -2.51. The maximum absolute atomic E-state index is 13.2. The monoisotopic (exact) mass is 610 g/mol. The third kappa shape index (κ3) is 6.05. The van der Waals surface area contributed by atoms with Crippen molar-refractivity contribution in [3.8, 4) is 22.8 Å². The van der Waals surface area contributed by atoms with Crippen molar-refractivity contribution in [2.45, 2.75) is 10.1 Å². The molecule has 220 valence electrons. The van der Waals surface area contributed by atoms with E-state index < -0.39 is 10.0 Å². The van der Waals surface area contributed by atoms with Crippen molar-refractivity contribution in [3.63, 3.8) is 0 Å². The van der Waals surface area contributed by atoms with Crippen LogP contribution in [0.5, 0.6) is 5.75 Å². The maximum atomic E-state index is 13.2. The Bertz CT molecular complexity index is 1680. The van der Waals surface area contributed by atoms with Crippen LogP contribution >= 0.6 is 11.8 Å². The molecule has 1 aliphatic rings. The molecule has 2 aromatic heterocycles. The Morgan fingerprint density at radius 1 is 0.976 bits per heavy atom. The van der Waals surface area contributed by atoms with Crippen LogP contribution in [0.2, 0.25) is 0 Å². The minimum atomic E-state index is -3.67. The highest BCUT2D eigenvalue weighted by molar-refractivity contribution is 7.99. The molecule has 4 aromatic rings. The molecule has 0 atom stereocenters. The Kier molecular flexibility index (Phi) is 8.66. The van der Waals surface area contributed by atoms with Crippen molar-refractivity contribution in [2.75, 3.05) is 53.1 Å². The number of thioether (sulfide) groups is 1. The largest absolute Gasteiger partial charge is 0.497 e. The number of ether oxygens (including phenoxy) is 1. The van der Waals surface area contributed by atoms with Gasteiger partial charge in [0.15, 0.2) is 16.7 Å². The summed E-state index contributed by atoms with van der Waals surface area (Å²) >= 11 is 1.23. The van der Waals surface area contributed by atoms with Gasteiger partial charge in [-0.2, -0.15) is 0 Å². The molecule has 5 rings (SSSR count). The molecule has 0 aliphatic carbocycles. The molecule has 0 spiro atoms. The van der Waals surface area contributed by atoms with Gasteiger partial charge in [-0.15, -0.1) is 10.2 Å². The highest BCUT2D eigenvalue weighted by Gasteiger charge is 2.27. The molecule has 0 radical (unpaired) electrons. The minimum absolute atomic E-state index is 0.0917. The second kappa shape index (κ2) is 12.4. The number of aromatic nitrogens is 3. The van der Waals surface area contributed by atoms with E-state index in [9.17, 15) is 18.0 Å². The van der Waals surface area contributed by atoms with Crippen LogP contribution in [0.3, 0.4) is 0 Å². The van der Waals surface area contributed by atoms with Crippen LogP contribution < -0.4 is 4.74 Å². The predicted molar refractivity (Wildman–Crippen MR) is 156 cm³/mol. The predicted octanol–water partition coefficient (Wildman–Crippen LogP) is 2.86. The molecule has 12 nitrogen and oxygen atoms in total. The Balaban J connectivity index is 1.37. The Morgan fingerprint density at radius 2 is 1.71 bits per heavy atom. The van der Waals surface area contributed by atoms with Gasteiger partial charge in [-0.3, -0.25) is 14.2 Å². The molecule has 1 fully saturated rings. The van der Waals surface area contributed by atoms with Crippen molar-refractivity contribution in [3.05, 3.63) is 72.7 Å². The van der Waals surface area contributed by atoms with Crippen molar-refractivity contribution in [1.82, 2.24) is 28.9 Å². The van der Waals surface area contributed by atoms with Crippen LogP contribution in [0.15, 0.2) is 81.4 Å². The molecule has 1 aliphatic heterocycles. The highest BCUT2D eigenvalue weighted by Crippen LogP contribution is 2.31. The van der Waals surface area contributed by atoms with Gasteiger partial charge in [0.25, 0.3) is 5.91 Å². The fraction of sp³-hybridized carbons (Fsp3) is 0.286. The van der Waals surface area contributed by atoms with Crippen molar-refractivity contribution >= 4 is 33.6 Å². The van der Waals surface area contributed by atoms with Gasteiger partial charge < -0.3 is 19.0 Å². The number of methoxy groups -OCH3 is 1. The van der Waals surface area contributed by atoms with Crippen LogP contribution in [0, 0.1) is 0 Å². The quantitative estimate of drug-likeness (QED) is 0.263. The van der Waals surface area contributed by atoms with Crippen molar-refractivity contribution in [2.24, 2.45) is 0 Å². The zero-order chi connectivity index (χ0) is 29.9. The first-order chi connectivity index (χ1) is 20.2. The smallest absolute Gasteiger partial charge is 0.289 e. The number of carbonyl (C=O) groups is 2. The lowest BCUT2D eigenvalue weighted by molar-refractivity contribution is -0.129. The van der Waals surface area contributed by atoms with E-state index in [0.717, 1.165) is 4.31 Å². The van der Waals surface area contributed by atoms with Crippen LogP contribution in [0.1, 0.15) is 10.6 Å². The summed E-state index contributed by atoms with van der Waals surface area (Å²) in [6.07, 6.45) is 1.46. The number of hydrogen-bond acceptors (Lipinski definition) is 9. The van der Waals surface area contributed by atoms with E-state index in [1.54, 1.807) is 51.8 Å². The van der Waals surface area contributed by atoms with E-state index >= 15 is 0 Å². The summed E-state index contributed by atoms with van der Waals surface area (Å²) in [4.78, 5) is 29.2. The van der Waals surface area contributed by atoms with Crippen LogP contribution in [0.25, 0.3) is 17.1 Å². The number of furan rings is 1. The zero-order valence-corrected chi connectivity index (χ0v) is 25.0. The molecule has 2 aromatic carbocycles. The molecule has 1 saturated heterocycles. The average molecular weight is 611 g/mol. The molecule has 14 heteroatoms. The van der Waals surface area contributed by atoms with Gasteiger partial charge in [-0.05, 0) is 36.4 Å². The number of benzene rings is 2. The van der Waals surface area contributed by atoms with Crippen LogP contribution in [0.4, 0.5) is 0 Å². The van der Waals surface area contributed by atoms with Gasteiger partial charge in [0.2, 0.25) is 15.9 Å². The zero-order valence-electron chi connectivity index (χ0n) is 23.3. The summed E-state index contributed by atoms with van der Waals surface area (Å²) < 4.78 is 39.2. The number of piperazine rings is 1. The number of carbonyl (C=O) groups excluding carboxylic acids is 2. The topological polar surface area (TPSA) is 131 Å². The first-order valence-corrected chi connectivity index (χ1v) is 15.5. The molecule has 42 heavy (non-hydrogen) atoms. The van der Waals surface area contributed by atoms with Gasteiger partial charge in [-0.1, -0.05) is 30.0 Å². The van der Waals surface area contributed by atoms with Gasteiger partial charge in [0, 0.05) is 51.9 Å². The SMILES string of the molecule is COc1cccc(-n2c(SCC(=O)N3CCN(C(=O)c4ccco4)CC3)nnc2-c2cccc(S(=O)(=O)N(C)C)c2)c1. The standard InChI is InChI=1S/C28H30N6O6S2/c1-31(2)42(37,38)23-10-4-7-20(17-23)26-29-30-28(34(26)21-8-5-9-22(18-21)39-3)41-19-25(35)32-12-14-33(15-13-32)27(36)24-11-6-16-40-24/h4-11,16-18H,12-15,19H2,1-3H3. The number of nitrogens with zero attached hydrogens (tertiary/aromatic N) is 6. The van der Waals surface area contributed by atoms with Crippen LogP contribution in [-0.2, 0) is 14.8 Å². The fourth-order valence-electron chi connectivity index (χ4n) is 4.47. The Labute approximate surface area is 247 Å². The Morgan fingerprint density at radius 3 is 2.40 bits per heavy atom. The molecular weight excluding hydrogens is 580 g/mol. The average Bonchev–Trinajstić information content (AvgIpc) is 3.70. The van der Waals surface area contributed by atoms with Crippen molar-refractivity contribution in [1.29, 1.82) is 0 Å².